The molecule has 0 aliphatic carbocycles. The molecule has 1 atom stereocenters. The van der Waals surface area contributed by atoms with Crippen LogP contribution in [0.1, 0.15) is 29.2 Å². The minimum atomic E-state index is -0.305. The number of nitrogens with one attached hydrogen (secondary N) is 1. The van der Waals surface area contributed by atoms with Gasteiger partial charge in [-0.05, 0) is 41.0 Å². The smallest absolute Gasteiger partial charge is 0.317 e. The molecule has 2 fully saturated rings. The molecule has 3 amide bonds. The fourth-order valence-electron chi connectivity index (χ4n) is 5.38. The molecule has 2 heterocycles. The Kier molecular flexibility index (Phi) is 7.98. The summed E-state index contributed by atoms with van der Waals surface area (Å²) >= 11 is 0. The number of nitrogens with zero attached hydrogens (tertiary/aromatic N) is 3. The van der Waals surface area contributed by atoms with Gasteiger partial charge >= 0.3 is 6.03 Å². The lowest BCUT2D eigenvalue weighted by Gasteiger charge is -2.39. The van der Waals surface area contributed by atoms with E-state index in [0.29, 0.717) is 52.2 Å². The second-order valence-corrected chi connectivity index (χ2v) is 10.0. The maximum absolute atomic E-state index is 13.6. The van der Waals surface area contributed by atoms with Crippen LogP contribution in [-0.4, -0.2) is 65.9 Å². The molecular formula is C30H32F2N4O2. The van der Waals surface area contributed by atoms with Crippen LogP contribution in [0.3, 0.4) is 0 Å². The zero-order valence-electron chi connectivity index (χ0n) is 21.2. The summed E-state index contributed by atoms with van der Waals surface area (Å²) < 4.78 is 27.2. The van der Waals surface area contributed by atoms with Gasteiger partial charge in [0.15, 0.2) is 0 Å². The van der Waals surface area contributed by atoms with Crippen LogP contribution >= 0.6 is 0 Å². The zero-order chi connectivity index (χ0) is 26.5. The SMILES string of the molecule is O=C1CC(CNC(=O)N2CCN(C(c3ccc(F)cc3)c3ccc(F)cc3)CC2)CN1Cc1ccccc1. The number of hydrogen-bond donors (Lipinski definition) is 1. The van der Waals surface area contributed by atoms with Crippen molar-refractivity contribution < 1.29 is 18.4 Å². The maximum atomic E-state index is 13.6. The van der Waals surface area contributed by atoms with E-state index < -0.39 is 0 Å². The van der Waals surface area contributed by atoms with E-state index in [4.69, 9.17) is 0 Å². The molecule has 2 saturated heterocycles. The highest BCUT2D eigenvalue weighted by Gasteiger charge is 2.31. The molecule has 1 N–H and O–H groups in total. The van der Waals surface area contributed by atoms with Crippen molar-refractivity contribution in [3.63, 3.8) is 0 Å². The molecule has 198 valence electrons. The highest BCUT2D eigenvalue weighted by atomic mass is 19.1. The van der Waals surface area contributed by atoms with Crippen molar-refractivity contribution in [3.05, 3.63) is 107 Å². The monoisotopic (exact) mass is 518 g/mol. The van der Waals surface area contributed by atoms with Crippen LogP contribution in [0.25, 0.3) is 0 Å². The van der Waals surface area contributed by atoms with E-state index in [1.807, 2.05) is 35.2 Å². The predicted octanol–water partition coefficient (Wildman–Crippen LogP) is 4.43. The first-order chi connectivity index (χ1) is 18.5. The van der Waals surface area contributed by atoms with Gasteiger partial charge in [-0.25, -0.2) is 13.6 Å². The molecule has 1 unspecified atom stereocenters. The van der Waals surface area contributed by atoms with Crippen LogP contribution in [0.15, 0.2) is 78.9 Å². The number of halogens is 2. The third kappa shape index (κ3) is 6.19. The number of carbonyl (C=O) groups is 2. The van der Waals surface area contributed by atoms with Crippen molar-refractivity contribution in [1.82, 2.24) is 20.0 Å². The summed E-state index contributed by atoms with van der Waals surface area (Å²) in [7, 11) is 0. The summed E-state index contributed by atoms with van der Waals surface area (Å²) in [4.78, 5) is 31.3. The number of rotatable bonds is 7. The van der Waals surface area contributed by atoms with Crippen molar-refractivity contribution in [1.29, 1.82) is 0 Å². The average Bonchev–Trinajstić information content (AvgIpc) is 3.29. The van der Waals surface area contributed by atoms with E-state index in [1.54, 1.807) is 29.2 Å². The number of likely N-dealkylation sites (tertiary alicyclic amines) is 1. The Hall–Kier alpha value is -3.78. The molecule has 5 rings (SSSR count). The Morgan fingerprint density at radius 3 is 2.00 bits per heavy atom. The molecule has 2 aliphatic rings. The first kappa shape index (κ1) is 25.9. The van der Waals surface area contributed by atoms with Gasteiger partial charge < -0.3 is 15.1 Å². The van der Waals surface area contributed by atoms with Gasteiger partial charge in [-0.15, -0.1) is 0 Å². The molecule has 8 heteroatoms. The highest BCUT2D eigenvalue weighted by Crippen LogP contribution is 2.30. The Labute approximate surface area is 221 Å². The molecule has 0 spiro atoms. The molecule has 0 radical (unpaired) electrons. The molecule has 0 bridgehead atoms. The number of hydrogen-bond acceptors (Lipinski definition) is 3. The molecule has 3 aromatic rings. The van der Waals surface area contributed by atoms with Crippen molar-refractivity contribution in [3.8, 4) is 0 Å². The van der Waals surface area contributed by atoms with E-state index in [0.717, 1.165) is 16.7 Å². The fraction of sp³-hybridized carbons (Fsp3) is 0.333. The lowest BCUT2D eigenvalue weighted by atomic mass is 9.96. The summed E-state index contributed by atoms with van der Waals surface area (Å²) in [5.41, 5.74) is 2.94. The summed E-state index contributed by atoms with van der Waals surface area (Å²) in [6, 6.07) is 22.4. The fourth-order valence-corrected chi connectivity index (χ4v) is 5.38. The third-order valence-corrected chi connectivity index (χ3v) is 7.39. The quantitative estimate of drug-likeness (QED) is 0.504. The Balaban J connectivity index is 1.15. The maximum Gasteiger partial charge on any atom is 0.317 e. The van der Waals surface area contributed by atoms with Crippen molar-refractivity contribution in [2.45, 2.75) is 19.0 Å². The number of benzene rings is 3. The lowest BCUT2D eigenvalue weighted by Crippen LogP contribution is -2.53. The molecule has 0 aromatic heterocycles. The largest absolute Gasteiger partial charge is 0.338 e. The predicted molar refractivity (Wildman–Crippen MR) is 141 cm³/mol. The Bertz CT molecular complexity index is 1180. The van der Waals surface area contributed by atoms with E-state index in [9.17, 15) is 18.4 Å². The van der Waals surface area contributed by atoms with Gasteiger partial charge in [0.1, 0.15) is 11.6 Å². The number of amides is 3. The van der Waals surface area contributed by atoms with Crippen LogP contribution in [0.4, 0.5) is 13.6 Å². The van der Waals surface area contributed by atoms with E-state index in [1.165, 1.54) is 24.3 Å². The van der Waals surface area contributed by atoms with E-state index in [2.05, 4.69) is 10.2 Å². The van der Waals surface area contributed by atoms with Crippen LogP contribution < -0.4 is 5.32 Å². The first-order valence-electron chi connectivity index (χ1n) is 13.1. The highest BCUT2D eigenvalue weighted by molar-refractivity contribution is 5.79. The minimum Gasteiger partial charge on any atom is -0.338 e. The molecular weight excluding hydrogens is 486 g/mol. The molecule has 6 nitrogen and oxygen atoms in total. The summed E-state index contributed by atoms with van der Waals surface area (Å²) in [5.74, 6) is -0.396. The number of piperazine rings is 1. The van der Waals surface area contributed by atoms with Crippen molar-refractivity contribution in [2.24, 2.45) is 5.92 Å². The summed E-state index contributed by atoms with van der Waals surface area (Å²) in [6.07, 6.45) is 0.442. The molecule has 38 heavy (non-hydrogen) atoms. The van der Waals surface area contributed by atoms with Crippen LogP contribution in [-0.2, 0) is 11.3 Å². The third-order valence-electron chi connectivity index (χ3n) is 7.39. The normalized spacial score (nSPS) is 18.3. The van der Waals surface area contributed by atoms with Gasteiger partial charge in [-0.1, -0.05) is 54.6 Å². The minimum absolute atomic E-state index is 0.0952. The first-order valence-corrected chi connectivity index (χ1v) is 13.1. The van der Waals surface area contributed by atoms with E-state index >= 15 is 0 Å². The average molecular weight is 519 g/mol. The summed E-state index contributed by atoms with van der Waals surface area (Å²) in [5, 5.41) is 3.03. The zero-order valence-corrected chi connectivity index (χ0v) is 21.2. The molecule has 0 saturated carbocycles. The molecule has 2 aliphatic heterocycles. The van der Waals surface area contributed by atoms with Gasteiger partial charge in [-0.2, -0.15) is 0 Å². The van der Waals surface area contributed by atoms with Crippen LogP contribution in [0.5, 0.6) is 0 Å². The van der Waals surface area contributed by atoms with Gasteiger partial charge in [-0.3, -0.25) is 9.69 Å². The number of carbonyl (C=O) groups excluding carboxylic acids is 2. The molecule has 3 aromatic carbocycles. The second-order valence-electron chi connectivity index (χ2n) is 10.0. The topological polar surface area (TPSA) is 55.9 Å². The standard InChI is InChI=1S/C30H32F2N4O2/c31-26-10-6-24(7-11-26)29(25-8-12-27(32)13-9-25)34-14-16-35(17-15-34)30(38)33-19-23-18-28(37)36(21-23)20-22-4-2-1-3-5-22/h1-13,23,29H,14-21H2,(H,33,38). The van der Waals surface area contributed by atoms with Gasteiger partial charge in [0.05, 0.1) is 6.04 Å². The number of urea groups is 1. The van der Waals surface area contributed by atoms with Gasteiger partial charge in [0.25, 0.3) is 0 Å². The Morgan fingerprint density at radius 2 is 1.42 bits per heavy atom. The van der Waals surface area contributed by atoms with Crippen molar-refractivity contribution in [2.75, 3.05) is 39.3 Å². The van der Waals surface area contributed by atoms with E-state index in [-0.39, 0.29) is 35.5 Å². The van der Waals surface area contributed by atoms with Crippen molar-refractivity contribution >= 4 is 11.9 Å². The summed E-state index contributed by atoms with van der Waals surface area (Å²) in [6.45, 7) is 4.01. The van der Waals surface area contributed by atoms with Crippen LogP contribution in [0.2, 0.25) is 0 Å². The van der Waals surface area contributed by atoms with Gasteiger partial charge in [0.2, 0.25) is 5.91 Å². The van der Waals surface area contributed by atoms with Crippen LogP contribution in [0, 0.1) is 17.6 Å². The second kappa shape index (κ2) is 11.7. The Morgan fingerprint density at radius 1 is 0.842 bits per heavy atom. The van der Waals surface area contributed by atoms with Gasteiger partial charge in [0, 0.05) is 58.2 Å². The lowest BCUT2D eigenvalue weighted by molar-refractivity contribution is -0.128.